The molecule has 0 spiro atoms. The van der Waals surface area contributed by atoms with E-state index in [9.17, 15) is 4.79 Å². The minimum Gasteiger partial charge on any atom is -0.326 e. The molecule has 0 aliphatic carbocycles. The van der Waals surface area contributed by atoms with E-state index in [1.807, 2.05) is 43.4 Å². The summed E-state index contributed by atoms with van der Waals surface area (Å²) in [5.74, 6) is 0.0572. The number of hydrogen-bond acceptors (Lipinski definition) is 2. The Bertz CT molecular complexity index is 614. The highest BCUT2D eigenvalue weighted by molar-refractivity contribution is 5.91. The first kappa shape index (κ1) is 18.2. The van der Waals surface area contributed by atoms with Crippen LogP contribution in [0, 0.1) is 6.92 Å². The topological polar surface area (TPSA) is 41.1 Å². The Morgan fingerprint density at radius 1 is 1.00 bits per heavy atom. The van der Waals surface area contributed by atoms with E-state index >= 15 is 0 Å². The molecule has 0 unspecified atom stereocenters. The molecule has 0 saturated heterocycles. The lowest BCUT2D eigenvalue weighted by Crippen LogP contribution is -2.15. The van der Waals surface area contributed by atoms with Crippen LogP contribution in [0.3, 0.4) is 0 Å². The number of para-hydroxylation sites is 1. The SMILES string of the molecule is CNCc1ccccc1NC(=O)CCc1ccccc1C.Cl. The third-order valence-electron chi connectivity index (χ3n) is 3.54. The quantitative estimate of drug-likeness (QED) is 0.852. The number of carbonyl (C=O) groups is 1. The molecule has 2 aromatic carbocycles. The summed E-state index contributed by atoms with van der Waals surface area (Å²) >= 11 is 0. The van der Waals surface area contributed by atoms with E-state index in [0.29, 0.717) is 6.42 Å². The molecule has 118 valence electrons. The van der Waals surface area contributed by atoms with Gasteiger partial charge in [0.1, 0.15) is 0 Å². The summed E-state index contributed by atoms with van der Waals surface area (Å²) in [4.78, 5) is 12.1. The Hall–Kier alpha value is -1.84. The molecule has 22 heavy (non-hydrogen) atoms. The fourth-order valence-electron chi connectivity index (χ4n) is 2.34. The third kappa shape index (κ3) is 5.17. The summed E-state index contributed by atoms with van der Waals surface area (Å²) in [5.41, 5.74) is 4.46. The van der Waals surface area contributed by atoms with Gasteiger partial charge in [-0.15, -0.1) is 12.4 Å². The fraction of sp³-hybridized carbons (Fsp3) is 0.278. The maximum atomic E-state index is 12.1. The van der Waals surface area contributed by atoms with E-state index in [4.69, 9.17) is 0 Å². The van der Waals surface area contributed by atoms with E-state index in [-0.39, 0.29) is 18.3 Å². The number of amides is 1. The van der Waals surface area contributed by atoms with E-state index in [1.54, 1.807) is 0 Å². The van der Waals surface area contributed by atoms with Crippen molar-refractivity contribution in [2.24, 2.45) is 0 Å². The van der Waals surface area contributed by atoms with Gasteiger partial charge in [-0.3, -0.25) is 4.79 Å². The summed E-state index contributed by atoms with van der Waals surface area (Å²) in [5, 5.41) is 6.12. The first-order valence-corrected chi connectivity index (χ1v) is 7.27. The Morgan fingerprint density at radius 2 is 1.64 bits per heavy atom. The zero-order valence-corrected chi connectivity index (χ0v) is 13.9. The Balaban J connectivity index is 0.00000242. The van der Waals surface area contributed by atoms with Crippen molar-refractivity contribution in [1.29, 1.82) is 0 Å². The van der Waals surface area contributed by atoms with Crippen molar-refractivity contribution < 1.29 is 4.79 Å². The Morgan fingerprint density at radius 3 is 2.32 bits per heavy atom. The van der Waals surface area contributed by atoms with Gasteiger partial charge < -0.3 is 10.6 Å². The van der Waals surface area contributed by atoms with Crippen LogP contribution in [0.25, 0.3) is 0 Å². The van der Waals surface area contributed by atoms with Gasteiger partial charge in [-0.2, -0.15) is 0 Å². The molecule has 0 saturated carbocycles. The van der Waals surface area contributed by atoms with Crippen LogP contribution >= 0.6 is 12.4 Å². The van der Waals surface area contributed by atoms with Gasteiger partial charge in [-0.05, 0) is 43.1 Å². The smallest absolute Gasteiger partial charge is 0.224 e. The van der Waals surface area contributed by atoms with Crippen molar-refractivity contribution in [2.75, 3.05) is 12.4 Å². The van der Waals surface area contributed by atoms with Gasteiger partial charge >= 0.3 is 0 Å². The molecule has 0 aliphatic heterocycles. The first-order valence-electron chi connectivity index (χ1n) is 7.27. The van der Waals surface area contributed by atoms with E-state index < -0.39 is 0 Å². The number of nitrogens with one attached hydrogen (secondary N) is 2. The van der Waals surface area contributed by atoms with Gasteiger partial charge in [0.05, 0.1) is 0 Å². The summed E-state index contributed by atoms with van der Waals surface area (Å²) in [7, 11) is 1.90. The van der Waals surface area contributed by atoms with Crippen LogP contribution in [-0.4, -0.2) is 13.0 Å². The molecule has 0 heterocycles. The number of benzene rings is 2. The van der Waals surface area contributed by atoms with E-state index in [1.165, 1.54) is 11.1 Å². The summed E-state index contributed by atoms with van der Waals surface area (Å²) in [6.07, 6.45) is 1.27. The molecule has 2 N–H and O–H groups in total. The normalized spacial score (nSPS) is 9.91. The molecule has 0 radical (unpaired) electrons. The second-order valence-corrected chi connectivity index (χ2v) is 5.16. The molecule has 1 amide bonds. The van der Waals surface area contributed by atoms with Crippen molar-refractivity contribution in [3.05, 3.63) is 65.2 Å². The van der Waals surface area contributed by atoms with Crippen molar-refractivity contribution in [1.82, 2.24) is 5.32 Å². The molecule has 2 aromatic rings. The second kappa shape index (κ2) is 9.23. The van der Waals surface area contributed by atoms with Crippen LogP contribution in [0.15, 0.2) is 48.5 Å². The summed E-state index contributed by atoms with van der Waals surface area (Å²) < 4.78 is 0. The van der Waals surface area contributed by atoms with Gasteiger partial charge in [-0.1, -0.05) is 42.5 Å². The Labute approximate surface area is 138 Å². The van der Waals surface area contributed by atoms with Crippen molar-refractivity contribution in [3.63, 3.8) is 0 Å². The van der Waals surface area contributed by atoms with Crippen molar-refractivity contribution in [3.8, 4) is 0 Å². The zero-order chi connectivity index (χ0) is 15.1. The van der Waals surface area contributed by atoms with E-state index in [2.05, 4.69) is 29.7 Å². The standard InChI is InChI=1S/C18H22N2O.ClH/c1-14-7-3-4-8-15(14)11-12-18(21)20-17-10-6-5-9-16(17)13-19-2;/h3-10,19H,11-13H2,1-2H3,(H,20,21);1H. The highest BCUT2D eigenvalue weighted by Gasteiger charge is 2.07. The highest BCUT2D eigenvalue weighted by Crippen LogP contribution is 2.16. The molecular formula is C18H23ClN2O. The molecule has 3 nitrogen and oxygen atoms in total. The molecule has 0 aliphatic rings. The molecule has 0 aromatic heterocycles. The van der Waals surface area contributed by atoms with Crippen LogP contribution in [0.1, 0.15) is 23.1 Å². The third-order valence-corrected chi connectivity index (χ3v) is 3.54. The second-order valence-electron chi connectivity index (χ2n) is 5.16. The van der Waals surface area contributed by atoms with Crippen LogP contribution in [0.4, 0.5) is 5.69 Å². The van der Waals surface area contributed by atoms with Gasteiger partial charge in [0.2, 0.25) is 5.91 Å². The van der Waals surface area contributed by atoms with Crippen LogP contribution in [0.5, 0.6) is 0 Å². The first-order chi connectivity index (χ1) is 10.2. The molecule has 0 bridgehead atoms. The number of aryl methyl sites for hydroxylation is 2. The lowest BCUT2D eigenvalue weighted by molar-refractivity contribution is -0.116. The number of halogens is 1. The maximum Gasteiger partial charge on any atom is 0.224 e. The van der Waals surface area contributed by atoms with Crippen LogP contribution < -0.4 is 10.6 Å². The van der Waals surface area contributed by atoms with Gasteiger partial charge in [0.15, 0.2) is 0 Å². The zero-order valence-electron chi connectivity index (χ0n) is 13.1. The average Bonchev–Trinajstić information content (AvgIpc) is 2.49. The molecule has 4 heteroatoms. The number of rotatable bonds is 6. The number of carbonyl (C=O) groups excluding carboxylic acids is 1. The van der Waals surface area contributed by atoms with Gasteiger partial charge in [0, 0.05) is 18.7 Å². The fourth-order valence-corrected chi connectivity index (χ4v) is 2.34. The average molecular weight is 319 g/mol. The summed E-state index contributed by atoms with van der Waals surface area (Å²) in [6.45, 7) is 2.82. The van der Waals surface area contributed by atoms with Crippen LogP contribution in [0.2, 0.25) is 0 Å². The lowest BCUT2D eigenvalue weighted by atomic mass is 10.0. The van der Waals surface area contributed by atoms with Gasteiger partial charge in [-0.25, -0.2) is 0 Å². The largest absolute Gasteiger partial charge is 0.326 e. The lowest BCUT2D eigenvalue weighted by Gasteiger charge is -2.11. The van der Waals surface area contributed by atoms with Crippen molar-refractivity contribution in [2.45, 2.75) is 26.3 Å². The monoisotopic (exact) mass is 318 g/mol. The predicted molar refractivity (Wildman–Crippen MR) is 94.6 cm³/mol. The van der Waals surface area contributed by atoms with Crippen LogP contribution in [-0.2, 0) is 17.8 Å². The molecule has 2 rings (SSSR count). The van der Waals surface area contributed by atoms with Crippen molar-refractivity contribution >= 4 is 24.0 Å². The number of anilines is 1. The highest BCUT2D eigenvalue weighted by atomic mass is 35.5. The Kier molecular flexibility index (Phi) is 7.64. The number of hydrogen-bond donors (Lipinski definition) is 2. The molecular weight excluding hydrogens is 296 g/mol. The predicted octanol–water partition coefficient (Wildman–Crippen LogP) is 3.71. The molecule has 0 atom stereocenters. The minimum atomic E-state index is 0. The summed E-state index contributed by atoms with van der Waals surface area (Å²) in [6, 6.07) is 16.1. The maximum absolute atomic E-state index is 12.1. The van der Waals surface area contributed by atoms with E-state index in [0.717, 1.165) is 24.2 Å². The molecule has 0 fully saturated rings. The van der Waals surface area contributed by atoms with Gasteiger partial charge in [0.25, 0.3) is 0 Å². The minimum absolute atomic E-state index is 0.